The van der Waals surface area contributed by atoms with Gasteiger partial charge in [-0.2, -0.15) is 0 Å². The topological polar surface area (TPSA) is 55.5 Å². The van der Waals surface area contributed by atoms with Crippen molar-refractivity contribution in [3.05, 3.63) is 0 Å². The SMILES string of the molecule is CC(C)(C)C[C@@H](N)CO.COCl. The van der Waals surface area contributed by atoms with Crippen LogP contribution in [-0.4, -0.2) is 24.9 Å². The van der Waals surface area contributed by atoms with E-state index >= 15 is 0 Å². The Balaban J connectivity index is 0. The third kappa shape index (κ3) is 16.6. The molecule has 0 bridgehead atoms. The molecule has 0 aliphatic rings. The summed E-state index contributed by atoms with van der Waals surface area (Å²) in [6.45, 7) is 6.44. The van der Waals surface area contributed by atoms with Crippen LogP contribution in [0.3, 0.4) is 0 Å². The Hall–Kier alpha value is 0.170. The molecule has 0 radical (unpaired) electrons. The molecule has 0 aliphatic carbocycles. The summed E-state index contributed by atoms with van der Waals surface area (Å²) in [5.41, 5.74) is 5.75. The van der Waals surface area contributed by atoms with Crippen LogP contribution >= 0.6 is 11.9 Å². The Morgan fingerprint density at radius 2 is 1.83 bits per heavy atom. The van der Waals surface area contributed by atoms with Gasteiger partial charge in [-0.25, -0.2) is 0 Å². The maximum absolute atomic E-state index is 8.57. The number of aliphatic hydroxyl groups is 1. The minimum Gasteiger partial charge on any atom is -0.395 e. The molecule has 0 unspecified atom stereocenters. The molecule has 0 aromatic carbocycles. The summed E-state index contributed by atoms with van der Waals surface area (Å²) in [7, 11) is 1.39. The fourth-order valence-corrected chi connectivity index (χ4v) is 0.851. The van der Waals surface area contributed by atoms with E-state index in [0.717, 1.165) is 6.42 Å². The van der Waals surface area contributed by atoms with Crippen LogP contribution in [0.1, 0.15) is 27.2 Å². The number of nitrogens with two attached hydrogens (primary N) is 1. The number of hydrogen-bond acceptors (Lipinski definition) is 3. The molecule has 1 atom stereocenters. The lowest BCUT2D eigenvalue weighted by Gasteiger charge is -2.21. The fourth-order valence-electron chi connectivity index (χ4n) is 0.851. The van der Waals surface area contributed by atoms with E-state index in [0.29, 0.717) is 0 Å². The van der Waals surface area contributed by atoms with Gasteiger partial charge in [0, 0.05) is 6.04 Å². The maximum Gasteiger partial charge on any atom is 0.0606 e. The van der Waals surface area contributed by atoms with Crippen LogP contribution < -0.4 is 5.73 Å². The van der Waals surface area contributed by atoms with E-state index in [1.807, 2.05) is 0 Å². The normalized spacial score (nSPS) is 13.2. The van der Waals surface area contributed by atoms with Crippen molar-refractivity contribution in [3.8, 4) is 0 Å². The highest BCUT2D eigenvalue weighted by Crippen LogP contribution is 2.19. The van der Waals surface area contributed by atoms with Gasteiger partial charge in [-0.3, -0.25) is 4.29 Å². The van der Waals surface area contributed by atoms with Gasteiger partial charge >= 0.3 is 0 Å². The third-order valence-electron chi connectivity index (χ3n) is 1.11. The molecule has 0 aromatic rings. The Morgan fingerprint density at radius 1 is 1.50 bits per heavy atom. The zero-order valence-electron chi connectivity index (χ0n) is 8.30. The van der Waals surface area contributed by atoms with E-state index in [2.05, 4.69) is 36.9 Å². The maximum atomic E-state index is 8.57. The highest BCUT2D eigenvalue weighted by Gasteiger charge is 2.14. The van der Waals surface area contributed by atoms with Crippen molar-refractivity contribution < 1.29 is 9.40 Å². The molecule has 0 amide bonds. The number of halogens is 1. The van der Waals surface area contributed by atoms with Gasteiger partial charge in [0.05, 0.1) is 25.6 Å². The molecule has 0 saturated heterocycles. The van der Waals surface area contributed by atoms with Gasteiger partial charge in [0.15, 0.2) is 0 Å². The molecule has 0 saturated carbocycles. The quantitative estimate of drug-likeness (QED) is 0.706. The molecule has 0 aliphatic heterocycles. The third-order valence-corrected chi connectivity index (χ3v) is 1.11. The molecule has 0 rings (SSSR count). The average molecular weight is 198 g/mol. The first kappa shape index (κ1) is 14.7. The molecule has 4 heteroatoms. The lowest BCUT2D eigenvalue weighted by molar-refractivity contribution is 0.224. The summed E-state index contributed by atoms with van der Waals surface area (Å²) in [5.74, 6) is 0. The molecule has 76 valence electrons. The van der Waals surface area contributed by atoms with Gasteiger partial charge < -0.3 is 10.8 Å². The Kier molecular flexibility index (Phi) is 9.54. The van der Waals surface area contributed by atoms with Crippen LogP contribution in [0.4, 0.5) is 0 Å². The second-order valence-corrected chi connectivity index (χ2v) is 4.17. The zero-order chi connectivity index (χ0) is 10.2. The Labute approximate surface area is 80.0 Å². The summed E-state index contributed by atoms with van der Waals surface area (Å²) >= 11 is 4.50. The molecule has 0 fully saturated rings. The Bertz CT molecular complexity index is 93.5. The van der Waals surface area contributed by atoms with Gasteiger partial charge in [-0.05, 0) is 11.8 Å². The van der Waals surface area contributed by atoms with Gasteiger partial charge in [-0.1, -0.05) is 20.8 Å². The van der Waals surface area contributed by atoms with Crippen LogP contribution in [0.5, 0.6) is 0 Å². The first-order valence-electron chi connectivity index (χ1n) is 3.88. The van der Waals surface area contributed by atoms with E-state index in [-0.39, 0.29) is 18.1 Å². The van der Waals surface area contributed by atoms with E-state index in [1.54, 1.807) is 0 Å². The highest BCUT2D eigenvalue weighted by molar-refractivity contribution is 6.07. The molecule has 3 nitrogen and oxygen atoms in total. The van der Waals surface area contributed by atoms with Crippen molar-refractivity contribution in [3.63, 3.8) is 0 Å². The minimum absolute atomic E-state index is 0.0509. The van der Waals surface area contributed by atoms with Crippen molar-refractivity contribution >= 4 is 11.9 Å². The molecular formula is C8H20ClNO2. The minimum atomic E-state index is -0.0509. The first-order chi connectivity index (χ1) is 5.37. The average Bonchev–Trinajstić information content (AvgIpc) is 1.86. The fraction of sp³-hybridized carbons (Fsp3) is 1.00. The molecule has 12 heavy (non-hydrogen) atoms. The van der Waals surface area contributed by atoms with E-state index < -0.39 is 0 Å². The van der Waals surface area contributed by atoms with Crippen molar-refractivity contribution in [2.24, 2.45) is 11.1 Å². The Morgan fingerprint density at radius 3 is 1.92 bits per heavy atom. The van der Waals surface area contributed by atoms with Crippen molar-refractivity contribution in [2.45, 2.75) is 33.2 Å². The van der Waals surface area contributed by atoms with Gasteiger partial charge in [-0.15, -0.1) is 0 Å². The predicted octanol–water partition coefficient (Wildman–Crippen LogP) is 1.53. The second-order valence-electron chi connectivity index (χ2n) is 3.86. The summed E-state index contributed by atoms with van der Waals surface area (Å²) in [4.78, 5) is 0. The smallest absolute Gasteiger partial charge is 0.0606 e. The monoisotopic (exact) mass is 197 g/mol. The van der Waals surface area contributed by atoms with Crippen LogP contribution in [0.2, 0.25) is 0 Å². The van der Waals surface area contributed by atoms with E-state index in [9.17, 15) is 0 Å². The summed E-state index contributed by atoms with van der Waals surface area (Å²) < 4.78 is 3.72. The highest BCUT2D eigenvalue weighted by atomic mass is 35.5. The van der Waals surface area contributed by atoms with Crippen LogP contribution in [0.25, 0.3) is 0 Å². The molecule has 0 heterocycles. The van der Waals surface area contributed by atoms with Gasteiger partial charge in [0.1, 0.15) is 0 Å². The molecular weight excluding hydrogens is 178 g/mol. The van der Waals surface area contributed by atoms with Crippen molar-refractivity contribution in [2.75, 3.05) is 13.7 Å². The van der Waals surface area contributed by atoms with Crippen LogP contribution in [0, 0.1) is 5.41 Å². The lowest BCUT2D eigenvalue weighted by Crippen LogP contribution is -2.29. The van der Waals surface area contributed by atoms with Crippen LogP contribution in [0.15, 0.2) is 0 Å². The second kappa shape index (κ2) is 7.80. The molecule has 0 aromatic heterocycles. The lowest BCUT2D eigenvalue weighted by atomic mass is 9.89. The summed E-state index contributed by atoms with van der Waals surface area (Å²) in [5, 5.41) is 8.57. The standard InChI is InChI=1S/C7H17NO.CH3ClO/c1-7(2,3)4-6(8)5-9;1-3-2/h6,9H,4-5,8H2,1-3H3;1H3/t6-;/m1./s1. The summed E-state index contributed by atoms with van der Waals surface area (Å²) in [6, 6.07) is -0.0509. The zero-order valence-corrected chi connectivity index (χ0v) is 9.06. The predicted molar refractivity (Wildman–Crippen MR) is 52.0 cm³/mol. The van der Waals surface area contributed by atoms with Crippen molar-refractivity contribution in [1.82, 2.24) is 0 Å². The van der Waals surface area contributed by atoms with E-state index in [4.69, 9.17) is 10.8 Å². The first-order valence-corrected chi connectivity index (χ1v) is 4.19. The number of aliphatic hydroxyl groups excluding tert-OH is 1. The van der Waals surface area contributed by atoms with Crippen molar-refractivity contribution in [1.29, 1.82) is 0 Å². The van der Waals surface area contributed by atoms with Gasteiger partial charge in [0.25, 0.3) is 0 Å². The van der Waals surface area contributed by atoms with Crippen LogP contribution in [-0.2, 0) is 4.29 Å². The number of rotatable bonds is 2. The van der Waals surface area contributed by atoms with E-state index in [1.165, 1.54) is 7.11 Å². The largest absolute Gasteiger partial charge is 0.395 e. The molecule has 3 N–H and O–H groups in total. The summed E-state index contributed by atoms with van der Waals surface area (Å²) in [6.07, 6.45) is 0.878. The number of hydrogen-bond donors (Lipinski definition) is 2. The van der Waals surface area contributed by atoms with Gasteiger partial charge in [0.2, 0.25) is 0 Å². The molecule has 0 spiro atoms.